The summed E-state index contributed by atoms with van der Waals surface area (Å²) in [7, 11) is 0. The lowest BCUT2D eigenvalue weighted by Gasteiger charge is -2.34. The molecule has 1 aromatic rings. The number of amides is 1. The predicted octanol–water partition coefficient (Wildman–Crippen LogP) is 1.63. The minimum Gasteiger partial charge on any atom is -0.379 e. The fourth-order valence-corrected chi connectivity index (χ4v) is 4.27. The Hall–Kier alpha value is -0.950. The Kier molecular flexibility index (Phi) is 6.45. The third-order valence-corrected chi connectivity index (χ3v) is 5.76. The molecular formula is C17H27N3O2S. The van der Waals surface area contributed by atoms with Crippen LogP contribution in [0.2, 0.25) is 0 Å². The predicted molar refractivity (Wildman–Crippen MR) is 92.7 cm³/mol. The van der Waals surface area contributed by atoms with Gasteiger partial charge in [0.1, 0.15) is 0 Å². The van der Waals surface area contributed by atoms with E-state index >= 15 is 0 Å². The summed E-state index contributed by atoms with van der Waals surface area (Å²) in [6, 6.07) is 4.53. The molecular weight excluding hydrogens is 310 g/mol. The molecule has 3 rings (SSSR count). The van der Waals surface area contributed by atoms with E-state index < -0.39 is 0 Å². The van der Waals surface area contributed by atoms with Crippen LogP contribution in [0.5, 0.6) is 0 Å². The van der Waals surface area contributed by atoms with Crippen molar-refractivity contribution in [2.24, 2.45) is 5.92 Å². The van der Waals surface area contributed by atoms with Gasteiger partial charge in [0.2, 0.25) is 5.91 Å². The number of thiophene rings is 1. The molecule has 2 saturated heterocycles. The van der Waals surface area contributed by atoms with Gasteiger partial charge in [0.05, 0.1) is 19.3 Å². The van der Waals surface area contributed by atoms with E-state index in [0.717, 1.165) is 52.2 Å². The molecule has 0 bridgehead atoms. The summed E-state index contributed by atoms with van der Waals surface area (Å²) in [5, 5.41) is 8.64. The van der Waals surface area contributed by atoms with Crippen LogP contribution in [0.15, 0.2) is 17.5 Å². The molecule has 0 spiro atoms. The number of piperidine rings is 1. The van der Waals surface area contributed by atoms with Crippen molar-refractivity contribution < 1.29 is 9.53 Å². The summed E-state index contributed by atoms with van der Waals surface area (Å²) >= 11 is 1.77. The maximum Gasteiger partial charge on any atom is 0.220 e. The zero-order valence-corrected chi connectivity index (χ0v) is 14.4. The first-order valence-electron chi connectivity index (χ1n) is 8.65. The monoisotopic (exact) mass is 337 g/mol. The largest absolute Gasteiger partial charge is 0.379 e. The Morgan fingerprint density at radius 1 is 1.39 bits per heavy atom. The summed E-state index contributed by atoms with van der Waals surface area (Å²) in [5.74, 6) is 0.742. The van der Waals surface area contributed by atoms with Crippen molar-refractivity contribution in [2.45, 2.75) is 25.3 Å². The number of rotatable bonds is 6. The smallest absolute Gasteiger partial charge is 0.220 e. The number of carbonyl (C=O) groups is 1. The van der Waals surface area contributed by atoms with Crippen LogP contribution in [0, 0.1) is 5.92 Å². The maximum atomic E-state index is 12.3. The molecule has 2 aliphatic heterocycles. The van der Waals surface area contributed by atoms with Crippen LogP contribution in [-0.4, -0.2) is 56.7 Å². The second-order valence-electron chi connectivity index (χ2n) is 6.38. The van der Waals surface area contributed by atoms with Crippen LogP contribution in [0.1, 0.15) is 30.2 Å². The van der Waals surface area contributed by atoms with Gasteiger partial charge in [0.25, 0.3) is 0 Å². The van der Waals surface area contributed by atoms with Crippen LogP contribution in [0.3, 0.4) is 0 Å². The number of hydrogen-bond donors (Lipinski definition) is 2. The Morgan fingerprint density at radius 3 is 2.87 bits per heavy atom. The van der Waals surface area contributed by atoms with Crippen molar-refractivity contribution in [3.05, 3.63) is 22.4 Å². The zero-order valence-electron chi connectivity index (χ0n) is 13.6. The summed E-state index contributed by atoms with van der Waals surface area (Å²) in [6.07, 6.45) is 2.90. The Bertz CT molecular complexity index is 468. The fourth-order valence-electron chi connectivity index (χ4n) is 3.41. The molecule has 0 saturated carbocycles. The quantitative estimate of drug-likeness (QED) is 0.828. The van der Waals surface area contributed by atoms with E-state index in [4.69, 9.17) is 4.74 Å². The van der Waals surface area contributed by atoms with Gasteiger partial charge in [-0.25, -0.2) is 0 Å². The van der Waals surface area contributed by atoms with Crippen molar-refractivity contribution in [3.8, 4) is 0 Å². The number of carbonyl (C=O) groups excluding carboxylic acids is 1. The van der Waals surface area contributed by atoms with Gasteiger partial charge in [0.15, 0.2) is 0 Å². The average molecular weight is 337 g/mol. The number of nitrogens with zero attached hydrogens (tertiary/aromatic N) is 1. The zero-order chi connectivity index (χ0) is 15.9. The Balaban J connectivity index is 1.52. The van der Waals surface area contributed by atoms with Crippen molar-refractivity contribution in [3.63, 3.8) is 0 Å². The molecule has 1 atom stereocenters. The van der Waals surface area contributed by atoms with Crippen molar-refractivity contribution in [1.82, 2.24) is 15.5 Å². The molecule has 2 fully saturated rings. The standard InChI is InChI=1S/C17H27N3O2S/c21-17(12-14-3-5-18-6-4-14)19-13-15(16-2-1-11-23-16)20-7-9-22-10-8-20/h1-2,11,14-15,18H,3-10,12-13H2,(H,19,21). The third kappa shape index (κ3) is 5.01. The Labute approximate surface area is 142 Å². The lowest BCUT2D eigenvalue weighted by atomic mass is 9.94. The van der Waals surface area contributed by atoms with Gasteiger partial charge in [-0.1, -0.05) is 6.07 Å². The molecule has 23 heavy (non-hydrogen) atoms. The molecule has 128 valence electrons. The second-order valence-corrected chi connectivity index (χ2v) is 7.36. The van der Waals surface area contributed by atoms with Gasteiger partial charge in [0, 0.05) is 30.9 Å². The molecule has 0 aliphatic carbocycles. The molecule has 0 aromatic carbocycles. The van der Waals surface area contributed by atoms with E-state index in [0.29, 0.717) is 18.9 Å². The molecule has 0 radical (unpaired) electrons. The molecule has 1 unspecified atom stereocenters. The highest BCUT2D eigenvalue weighted by molar-refractivity contribution is 7.10. The molecule has 2 N–H and O–H groups in total. The first-order valence-corrected chi connectivity index (χ1v) is 9.53. The lowest BCUT2D eigenvalue weighted by molar-refractivity contribution is -0.122. The summed E-state index contributed by atoms with van der Waals surface area (Å²) in [6.45, 7) is 6.23. The van der Waals surface area contributed by atoms with Gasteiger partial charge < -0.3 is 15.4 Å². The maximum absolute atomic E-state index is 12.3. The third-order valence-electron chi connectivity index (χ3n) is 4.78. The van der Waals surface area contributed by atoms with Crippen molar-refractivity contribution >= 4 is 17.2 Å². The first-order chi connectivity index (χ1) is 11.3. The summed E-state index contributed by atoms with van der Waals surface area (Å²) < 4.78 is 5.46. The van der Waals surface area contributed by atoms with E-state index in [1.54, 1.807) is 11.3 Å². The number of nitrogens with one attached hydrogen (secondary N) is 2. The van der Waals surface area contributed by atoms with E-state index in [9.17, 15) is 4.79 Å². The van der Waals surface area contributed by atoms with Gasteiger partial charge in [-0.05, 0) is 43.3 Å². The minimum atomic E-state index is 0.201. The molecule has 5 nitrogen and oxygen atoms in total. The van der Waals surface area contributed by atoms with E-state index in [1.165, 1.54) is 4.88 Å². The highest BCUT2D eigenvalue weighted by atomic mass is 32.1. The number of ether oxygens (including phenoxy) is 1. The molecule has 2 aliphatic rings. The van der Waals surface area contributed by atoms with E-state index in [-0.39, 0.29) is 11.9 Å². The number of morpholine rings is 1. The fraction of sp³-hybridized carbons (Fsp3) is 0.706. The van der Waals surface area contributed by atoms with Gasteiger partial charge in [-0.2, -0.15) is 0 Å². The van der Waals surface area contributed by atoms with Gasteiger partial charge >= 0.3 is 0 Å². The molecule has 3 heterocycles. The second kappa shape index (κ2) is 8.78. The lowest BCUT2D eigenvalue weighted by Crippen LogP contribution is -2.43. The highest BCUT2D eigenvalue weighted by Gasteiger charge is 2.24. The highest BCUT2D eigenvalue weighted by Crippen LogP contribution is 2.25. The Morgan fingerprint density at radius 2 is 2.17 bits per heavy atom. The number of hydrogen-bond acceptors (Lipinski definition) is 5. The van der Waals surface area contributed by atoms with Crippen LogP contribution in [0.25, 0.3) is 0 Å². The van der Waals surface area contributed by atoms with Crippen LogP contribution in [0.4, 0.5) is 0 Å². The summed E-state index contributed by atoms with van der Waals surface area (Å²) in [5.41, 5.74) is 0. The molecule has 1 aromatic heterocycles. The van der Waals surface area contributed by atoms with Crippen LogP contribution >= 0.6 is 11.3 Å². The normalized spacial score (nSPS) is 21.9. The SMILES string of the molecule is O=C(CC1CCNCC1)NCC(c1cccs1)N1CCOCC1. The molecule has 6 heteroatoms. The van der Waals surface area contributed by atoms with Gasteiger partial charge in [-0.3, -0.25) is 9.69 Å². The van der Waals surface area contributed by atoms with Crippen molar-refractivity contribution in [2.75, 3.05) is 45.9 Å². The summed E-state index contributed by atoms with van der Waals surface area (Å²) in [4.78, 5) is 16.1. The van der Waals surface area contributed by atoms with Crippen LogP contribution < -0.4 is 10.6 Å². The average Bonchev–Trinajstić information content (AvgIpc) is 3.11. The first kappa shape index (κ1) is 16.9. The van der Waals surface area contributed by atoms with Gasteiger partial charge in [-0.15, -0.1) is 11.3 Å². The van der Waals surface area contributed by atoms with E-state index in [2.05, 4.69) is 33.0 Å². The minimum absolute atomic E-state index is 0.201. The van der Waals surface area contributed by atoms with E-state index in [1.807, 2.05) is 0 Å². The van der Waals surface area contributed by atoms with Crippen molar-refractivity contribution in [1.29, 1.82) is 0 Å². The van der Waals surface area contributed by atoms with Crippen LogP contribution in [-0.2, 0) is 9.53 Å². The topological polar surface area (TPSA) is 53.6 Å². The molecule has 1 amide bonds.